The second-order valence-corrected chi connectivity index (χ2v) is 8.88. The summed E-state index contributed by atoms with van der Waals surface area (Å²) in [5.41, 5.74) is 1.09. The highest BCUT2D eigenvalue weighted by Crippen LogP contribution is 2.33. The van der Waals surface area contributed by atoms with E-state index in [1.54, 1.807) is 49.8 Å². The number of unbranched alkanes of at least 4 members (excludes halogenated alkanes) is 1. The molecule has 0 amide bonds. The van der Waals surface area contributed by atoms with Gasteiger partial charge in [0.2, 0.25) is 5.95 Å². The van der Waals surface area contributed by atoms with Crippen molar-refractivity contribution < 1.29 is 4.74 Å². The molecule has 0 aliphatic heterocycles. The summed E-state index contributed by atoms with van der Waals surface area (Å²) in [6.45, 7) is 4.22. The number of pyridine rings is 2. The summed E-state index contributed by atoms with van der Waals surface area (Å²) >= 11 is 12.7. The monoisotopic (exact) mass is 497 g/mol. The minimum Gasteiger partial charge on any atom is -0.489 e. The highest BCUT2D eigenvalue weighted by Gasteiger charge is 2.16. The van der Waals surface area contributed by atoms with Crippen LogP contribution in [0, 0.1) is 0 Å². The Morgan fingerprint density at radius 2 is 1.88 bits per heavy atom. The van der Waals surface area contributed by atoms with Crippen LogP contribution in [-0.2, 0) is 7.05 Å². The predicted molar refractivity (Wildman–Crippen MR) is 137 cm³/mol. The summed E-state index contributed by atoms with van der Waals surface area (Å²) in [7, 11) is 1.65. The first-order chi connectivity index (χ1) is 16.4. The fourth-order valence-corrected chi connectivity index (χ4v) is 4.26. The number of nitrogens with one attached hydrogen (secondary N) is 1. The van der Waals surface area contributed by atoms with Crippen LogP contribution in [0.4, 0.5) is 11.8 Å². The molecule has 0 aliphatic carbocycles. The molecule has 1 atom stereocenters. The summed E-state index contributed by atoms with van der Waals surface area (Å²) in [4.78, 5) is 26.4. The smallest absolute Gasteiger partial charge is 0.259 e. The fourth-order valence-electron chi connectivity index (χ4n) is 3.66. The molecule has 7 nitrogen and oxygen atoms in total. The largest absolute Gasteiger partial charge is 0.489 e. The molecule has 3 heterocycles. The molecule has 1 N–H and O–H groups in total. The molecule has 0 aliphatic rings. The van der Waals surface area contributed by atoms with Crippen molar-refractivity contribution in [3.05, 3.63) is 69.2 Å². The Balaban J connectivity index is 1.59. The van der Waals surface area contributed by atoms with Crippen molar-refractivity contribution in [1.82, 2.24) is 19.5 Å². The molecule has 4 rings (SSSR count). The van der Waals surface area contributed by atoms with E-state index in [2.05, 4.69) is 34.1 Å². The van der Waals surface area contributed by atoms with Crippen LogP contribution in [0.3, 0.4) is 0 Å². The molecule has 0 fully saturated rings. The average Bonchev–Trinajstić information content (AvgIpc) is 2.82. The predicted octanol–water partition coefficient (Wildman–Crippen LogP) is 6.40. The van der Waals surface area contributed by atoms with Crippen molar-refractivity contribution in [3.8, 4) is 16.9 Å². The van der Waals surface area contributed by atoms with Gasteiger partial charge in [-0.2, -0.15) is 4.98 Å². The minimum absolute atomic E-state index is 0.135. The zero-order chi connectivity index (χ0) is 24.2. The van der Waals surface area contributed by atoms with Crippen molar-refractivity contribution in [1.29, 1.82) is 0 Å². The third-order valence-corrected chi connectivity index (χ3v) is 6.09. The molecule has 0 bridgehead atoms. The van der Waals surface area contributed by atoms with Crippen LogP contribution in [0.5, 0.6) is 5.75 Å². The lowest BCUT2D eigenvalue weighted by Crippen LogP contribution is -2.20. The Hall–Kier alpha value is -3.16. The first kappa shape index (κ1) is 24.0. The standard InChI is InChI=1S/C25H25Cl2N5O2/c1-4-5-7-15(2)34-17-10-11-21(28-14-17)30-25-29-13-16-12-18(24(33)32(3)23(16)31-25)22-19(26)8-6-9-20(22)27/h6,8-15H,4-5,7H2,1-3H3,(H,28,29,30,31). The molecule has 0 spiro atoms. The third kappa shape index (κ3) is 5.16. The minimum atomic E-state index is -0.260. The van der Waals surface area contributed by atoms with Gasteiger partial charge in [0.15, 0.2) is 0 Å². The number of hydrogen-bond acceptors (Lipinski definition) is 6. The Morgan fingerprint density at radius 1 is 1.12 bits per heavy atom. The number of nitrogens with zero attached hydrogens (tertiary/aromatic N) is 4. The maximum atomic E-state index is 13.1. The van der Waals surface area contributed by atoms with E-state index in [1.807, 2.05) is 6.07 Å². The van der Waals surface area contributed by atoms with E-state index in [0.717, 1.165) is 19.3 Å². The van der Waals surface area contributed by atoms with Gasteiger partial charge in [-0.15, -0.1) is 0 Å². The zero-order valence-electron chi connectivity index (χ0n) is 19.2. The van der Waals surface area contributed by atoms with Crippen LogP contribution in [0.15, 0.2) is 53.6 Å². The highest BCUT2D eigenvalue weighted by molar-refractivity contribution is 6.39. The van der Waals surface area contributed by atoms with Gasteiger partial charge in [-0.05, 0) is 43.7 Å². The van der Waals surface area contributed by atoms with E-state index in [1.165, 1.54) is 4.57 Å². The number of halogens is 2. The SMILES string of the molecule is CCCCC(C)Oc1ccc(Nc2ncc3cc(-c4c(Cl)cccc4Cl)c(=O)n(C)c3n2)nc1. The van der Waals surface area contributed by atoms with Gasteiger partial charge in [-0.25, -0.2) is 9.97 Å². The molecule has 4 aromatic rings. The average molecular weight is 498 g/mol. The number of fused-ring (bicyclic) bond motifs is 1. The Morgan fingerprint density at radius 3 is 2.56 bits per heavy atom. The molecule has 0 saturated heterocycles. The second-order valence-electron chi connectivity index (χ2n) is 8.07. The topological polar surface area (TPSA) is 81.9 Å². The molecule has 0 radical (unpaired) electrons. The van der Waals surface area contributed by atoms with Crippen LogP contribution < -0.4 is 15.6 Å². The van der Waals surface area contributed by atoms with Gasteiger partial charge in [0.05, 0.1) is 27.9 Å². The number of benzene rings is 1. The summed E-state index contributed by atoms with van der Waals surface area (Å²) < 4.78 is 7.35. The molecular weight excluding hydrogens is 473 g/mol. The van der Waals surface area contributed by atoms with Gasteiger partial charge >= 0.3 is 0 Å². The molecule has 1 unspecified atom stereocenters. The number of aryl methyl sites for hydroxylation is 1. The fraction of sp³-hybridized carbons (Fsp3) is 0.280. The maximum Gasteiger partial charge on any atom is 0.259 e. The van der Waals surface area contributed by atoms with Gasteiger partial charge in [-0.1, -0.05) is 49.0 Å². The number of anilines is 2. The van der Waals surface area contributed by atoms with E-state index in [4.69, 9.17) is 27.9 Å². The van der Waals surface area contributed by atoms with Gasteiger partial charge in [0.25, 0.3) is 5.56 Å². The molecule has 1 aromatic carbocycles. The number of aromatic nitrogens is 4. The third-order valence-electron chi connectivity index (χ3n) is 5.46. The number of hydrogen-bond donors (Lipinski definition) is 1. The molecular formula is C25H25Cl2N5O2. The molecule has 34 heavy (non-hydrogen) atoms. The van der Waals surface area contributed by atoms with Gasteiger partial charge < -0.3 is 10.1 Å². The van der Waals surface area contributed by atoms with Crippen molar-refractivity contribution in [3.63, 3.8) is 0 Å². The van der Waals surface area contributed by atoms with Crippen molar-refractivity contribution in [2.45, 2.75) is 39.2 Å². The molecule has 3 aromatic heterocycles. The molecule has 0 saturated carbocycles. The van der Waals surface area contributed by atoms with Crippen molar-refractivity contribution >= 4 is 46.0 Å². The summed E-state index contributed by atoms with van der Waals surface area (Å²) in [6.07, 6.45) is 6.72. The first-order valence-electron chi connectivity index (χ1n) is 11.1. The Bertz CT molecular complexity index is 1350. The first-order valence-corrected chi connectivity index (χ1v) is 11.8. The lowest BCUT2D eigenvalue weighted by atomic mass is 10.1. The van der Waals surface area contributed by atoms with E-state index in [-0.39, 0.29) is 11.7 Å². The van der Waals surface area contributed by atoms with Crippen LogP contribution in [-0.4, -0.2) is 25.6 Å². The van der Waals surface area contributed by atoms with Crippen molar-refractivity contribution in [2.75, 3.05) is 5.32 Å². The normalized spacial score (nSPS) is 12.0. The second kappa shape index (κ2) is 10.4. The van der Waals surface area contributed by atoms with Gasteiger partial charge in [0, 0.05) is 24.2 Å². The number of rotatable bonds is 8. The van der Waals surface area contributed by atoms with Crippen LogP contribution >= 0.6 is 23.2 Å². The van der Waals surface area contributed by atoms with Crippen LogP contribution in [0.25, 0.3) is 22.2 Å². The quantitative estimate of drug-likeness (QED) is 0.303. The van der Waals surface area contributed by atoms with E-state index < -0.39 is 0 Å². The van der Waals surface area contributed by atoms with Crippen molar-refractivity contribution in [2.24, 2.45) is 7.05 Å². The summed E-state index contributed by atoms with van der Waals surface area (Å²) in [6, 6.07) is 10.5. The molecule has 9 heteroatoms. The van der Waals surface area contributed by atoms with Gasteiger partial charge in [0.1, 0.15) is 17.2 Å². The lowest BCUT2D eigenvalue weighted by molar-refractivity contribution is 0.207. The number of ether oxygens (including phenoxy) is 1. The van der Waals surface area contributed by atoms with Crippen LogP contribution in [0.2, 0.25) is 10.0 Å². The summed E-state index contributed by atoms with van der Waals surface area (Å²) in [5.74, 6) is 1.60. The zero-order valence-corrected chi connectivity index (χ0v) is 20.7. The Kier molecular flexibility index (Phi) is 7.34. The highest BCUT2D eigenvalue weighted by atomic mass is 35.5. The van der Waals surface area contributed by atoms with E-state index in [0.29, 0.717) is 49.7 Å². The Labute approximate surface area is 207 Å². The van der Waals surface area contributed by atoms with E-state index in [9.17, 15) is 4.79 Å². The molecule has 176 valence electrons. The summed E-state index contributed by atoms with van der Waals surface area (Å²) in [5, 5.41) is 4.56. The lowest BCUT2D eigenvalue weighted by Gasteiger charge is -2.14. The van der Waals surface area contributed by atoms with Gasteiger partial charge in [-0.3, -0.25) is 9.36 Å². The van der Waals surface area contributed by atoms with Crippen LogP contribution in [0.1, 0.15) is 33.1 Å². The maximum absolute atomic E-state index is 13.1. The van der Waals surface area contributed by atoms with E-state index >= 15 is 0 Å².